The summed E-state index contributed by atoms with van der Waals surface area (Å²) in [5.41, 5.74) is 1.75. The number of allylic oxidation sites excluding steroid dienone is 2. The minimum Gasteiger partial charge on any atom is -0.481 e. The highest BCUT2D eigenvalue weighted by atomic mass is 16.4. The lowest BCUT2D eigenvalue weighted by molar-refractivity contribution is -0.141. The maximum atomic E-state index is 12.3. The largest absolute Gasteiger partial charge is 0.481 e. The van der Waals surface area contributed by atoms with Gasteiger partial charge in [0.05, 0.1) is 5.92 Å². The van der Waals surface area contributed by atoms with Crippen molar-refractivity contribution in [3.05, 3.63) is 42.0 Å². The zero-order chi connectivity index (χ0) is 15.7. The molecule has 2 bridgehead atoms. The number of hydrogen-bond acceptors (Lipinski definition) is 2. The van der Waals surface area contributed by atoms with E-state index in [1.54, 1.807) is 6.92 Å². The number of fused-ring (bicyclic) bond motifs is 2. The molecule has 1 aromatic carbocycles. The predicted molar refractivity (Wildman–Crippen MR) is 84.4 cm³/mol. The highest BCUT2D eigenvalue weighted by molar-refractivity contribution is 5.93. The molecule has 2 N–H and O–H groups in total. The number of carboxylic acid groups (broad SMARTS) is 1. The number of amides is 1. The average molecular weight is 299 g/mol. The quantitative estimate of drug-likeness (QED) is 0.821. The maximum Gasteiger partial charge on any atom is 0.306 e. The van der Waals surface area contributed by atoms with E-state index in [1.165, 1.54) is 0 Å². The summed E-state index contributed by atoms with van der Waals surface area (Å²) in [6.45, 7) is 1.70. The summed E-state index contributed by atoms with van der Waals surface area (Å²) in [4.78, 5) is 23.2. The molecule has 22 heavy (non-hydrogen) atoms. The van der Waals surface area contributed by atoms with Crippen molar-refractivity contribution in [2.75, 3.05) is 5.32 Å². The molecule has 0 radical (unpaired) electrons. The van der Waals surface area contributed by atoms with Crippen LogP contribution in [0.15, 0.2) is 36.4 Å². The molecule has 4 heteroatoms. The molecule has 4 atom stereocenters. The number of anilines is 1. The van der Waals surface area contributed by atoms with Gasteiger partial charge < -0.3 is 10.4 Å². The molecule has 2 aliphatic rings. The van der Waals surface area contributed by atoms with E-state index in [0.29, 0.717) is 18.3 Å². The van der Waals surface area contributed by atoms with Gasteiger partial charge in [0.2, 0.25) is 5.91 Å². The number of carbonyl (C=O) groups is 2. The highest BCUT2D eigenvalue weighted by Gasteiger charge is 2.39. The molecule has 0 spiro atoms. The summed E-state index contributed by atoms with van der Waals surface area (Å²) in [6.07, 6.45) is 6.98. The van der Waals surface area contributed by atoms with Gasteiger partial charge in [-0.2, -0.15) is 0 Å². The Morgan fingerprint density at radius 2 is 1.95 bits per heavy atom. The summed E-state index contributed by atoms with van der Waals surface area (Å²) in [5.74, 6) is -0.00507. The van der Waals surface area contributed by atoms with Crippen LogP contribution < -0.4 is 5.32 Å². The molecule has 4 unspecified atom stereocenters. The van der Waals surface area contributed by atoms with Crippen molar-refractivity contribution >= 4 is 17.6 Å². The molecule has 0 aliphatic heterocycles. The van der Waals surface area contributed by atoms with Crippen molar-refractivity contribution < 1.29 is 14.7 Å². The number of benzene rings is 1. The van der Waals surface area contributed by atoms with Crippen LogP contribution in [0, 0.1) is 23.7 Å². The van der Waals surface area contributed by atoms with E-state index in [0.717, 1.165) is 24.1 Å². The number of rotatable bonds is 5. The fourth-order valence-corrected chi connectivity index (χ4v) is 3.48. The highest BCUT2D eigenvalue weighted by Crippen LogP contribution is 2.43. The molecule has 116 valence electrons. The molecular formula is C18H21NO3. The third-order valence-corrected chi connectivity index (χ3v) is 4.80. The molecular weight excluding hydrogens is 278 g/mol. The van der Waals surface area contributed by atoms with Crippen LogP contribution in [0.5, 0.6) is 0 Å². The molecule has 2 aliphatic carbocycles. The van der Waals surface area contributed by atoms with E-state index in [9.17, 15) is 9.59 Å². The van der Waals surface area contributed by atoms with Crippen LogP contribution in [0.3, 0.4) is 0 Å². The Balaban J connectivity index is 1.58. The lowest BCUT2D eigenvalue weighted by atomic mass is 9.92. The number of aliphatic carboxylic acids is 1. The van der Waals surface area contributed by atoms with Gasteiger partial charge in [-0.25, -0.2) is 0 Å². The van der Waals surface area contributed by atoms with Crippen LogP contribution in [0.4, 0.5) is 5.69 Å². The van der Waals surface area contributed by atoms with Gasteiger partial charge in [-0.05, 0) is 48.8 Å². The predicted octanol–water partition coefficient (Wildman–Crippen LogP) is 3.10. The summed E-state index contributed by atoms with van der Waals surface area (Å²) >= 11 is 0. The van der Waals surface area contributed by atoms with Crippen LogP contribution in [-0.4, -0.2) is 17.0 Å². The van der Waals surface area contributed by atoms with Crippen LogP contribution in [0.1, 0.15) is 25.3 Å². The van der Waals surface area contributed by atoms with Gasteiger partial charge in [0.1, 0.15) is 0 Å². The molecule has 0 aromatic heterocycles. The smallest absolute Gasteiger partial charge is 0.306 e. The number of hydrogen-bond donors (Lipinski definition) is 2. The molecule has 1 amide bonds. The molecule has 1 fully saturated rings. The number of carbonyl (C=O) groups excluding carboxylic acids is 1. The third-order valence-electron chi connectivity index (χ3n) is 4.80. The first-order valence-corrected chi connectivity index (χ1v) is 7.84. The minimum atomic E-state index is -0.790. The first kappa shape index (κ1) is 14.8. The summed E-state index contributed by atoms with van der Waals surface area (Å²) in [6, 6.07) is 7.47. The zero-order valence-electron chi connectivity index (χ0n) is 12.7. The molecule has 4 nitrogen and oxygen atoms in total. The Morgan fingerprint density at radius 1 is 1.23 bits per heavy atom. The standard InChI is InChI=1S/C18H21NO3/c1-11(18(21)22)8-12-3-6-15(7-4-12)19-17(20)16-10-13-2-5-14(16)9-13/h2-7,11,13-14,16H,8-10H2,1H3,(H,19,20)(H,21,22). The van der Waals surface area contributed by atoms with E-state index in [1.807, 2.05) is 24.3 Å². The van der Waals surface area contributed by atoms with Gasteiger partial charge in [-0.15, -0.1) is 0 Å². The van der Waals surface area contributed by atoms with Gasteiger partial charge in [0.25, 0.3) is 0 Å². The van der Waals surface area contributed by atoms with Crippen LogP contribution in [-0.2, 0) is 16.0 Å². The number of nitrogens with one attached hydrogen (secondary N) is 1. The Hall–Kier alpha value is -2.10. The average Bonchev–Trinajstić information content (AvgIpc) is 3.12. The van der Waals surface area contributed by atoms with Crippen LogP contribution >= 0.6 is 0 Å². The zero-order valence-corrected chi connectivity index (χ0v) is 12.7. The SMILES string of the molecule is CC(Cc1ccc(NC(=O)C2CC3C=CC2C3)cc1)C(=O)O. The second kappa shape index (κ2) is 5.95. The normalized spacial score (nSPS) is 26.9. The van der Waals surface area contributed by atoms with Crippen molar-refractivity contribution in [3.8, 4) is 0 Å². The molecule has 0 saturated heterocycles. The van der Waals surface area contributed by atoms with Gasteiger partial charge in [0, 0.05) is 11.6 Å². The van der Waals surface area contributed by atoms with Crippen molar-refractivity contribution in [2.45, 2.75) is 26.2 Å². The van der Waals surface area contributed by atoms with Gasteiger partial charge in [0.15, 0.2) is 0 Å². The van der Waals surface area contributed by atoms with E-state index in [2.05, 4.69) is 17.5 Å². The fraction of sp³-hybridized carbons (Fsp3) is 0.444. The molecule has 1 aromatic rings. The number of carboxylic acids is 1. The first-order chi connectivity index (χ1) is 10.5. The molecule has 3 rings (SSSR count). The van der Waals surface area contributed by atoms with Crippen molar-refractivity contribution in [1.29, 1.82) is 0 Å². The Bertz CT molecular complexity index is 605. The Kier molecular flexibility index (Phi) is 4.01. The lowest BCUT2D eigenvalue weighted by Gasteiger charge is -2.17. The van der Waals surface area contributed by atoms with Crippen LogP contribution in [0.25, 0.3) is 0 Å². The Labute approximate surface area is 130 Å². The van der Waals surface area contributed by atoms with Crippen LogP contribution in [0.2, 0.25) is 0 Å². The summed E-state index contributed by atoms with van der Waals surface area (Å²) in [5, 5.41) is 11.9. The maximum absolute atomic E-state index is 12.3. The third kappa shape index (κ3) is 3.06. The van der Waals surface area contributed by atoms with Crippen molar-refractivity contribution in [3.63, 3.8) is 0 Å². The van der Waals surface area contributed by atoms with E-state index >= 15 is 0 Å². The fourth-order valence-electron chi connectivity index (χ4n) is 3.48. The summed E-state index contributed by atoms with van der Waals surface area (Å²) < 4.78 is 0. The van der Waals surface area contributed by atoms with Gasteiger partial charge in [-0.3, -0.25) is 9.59 Å². The minimum absolute atomic E-state index is 0.0988. The van der Waals surface area contributed by atoms with Gasteiger partial charge in [-0.1, -0.05) is 31.2 Å². The van der Waals surface area contributed by atoms with Crippen molar-refractivity contribution in [2.24, 2.45) is 23.7 Å². The first-order valence-electron chi connectivity index (χ1n) is 7.84. The second-order valence-electron chi connectivity index (χ2n) is 6.52. The topological polar surface area (TPSA) is 66.4 Å². The lowest BCUT2D eigenvalue weighted by Crippen LogP contribution is -2.25. The van der Waals surface area contributed by atoms with E-state index in [4.69, 9.17) is 5.11 Å². The molecule has 1 saturated carbocycles. The van der Waals surface area contributed by atoms with Gasteiger partial charge >= 0.3 is 5.97 Å². The second-order valence-corrected chi connectivity index (χ2v) is 6.52. The van der Waals surface area contributed by atoms with E-state index in [-0.39, 0.29) is 11.8 Å². The molecule has 0 heterocycles. The monoisotopic (exact) mass is 299 g/mol. The van der Waals surface area contributed by atoms with Crippen molar-refractivity contribution in [1.82, 2.24) is 0 Å². The Morgan fingerprint density at radius 3 is 2.50 bits per heavy atom. The summed E-state index contributed by atoms with van der Waals surface area (Å²) in [7, 11) is 0. The van der Waals surface area contributed by atoms with E-state index < -0.39 is 11.9 Å².